The molecular weight excluding hydrogens is 258 g/mol. The number of aromatic nitrogens is 2. The Bertz CT molecular complexity index is 461. The molecule has 3 nitrogen and oxygen atoms in total. The predicted molar refractivity (Wildman–Crippen MR) is 87.3 cm³/mol. The highest BCUT2D eigenvalue weighted by Crippen LogP contribution is 2.36. The molecule has 118 valence electrons. The van der Waals surface area contributed by atoms with E-state index in [9.17, 15) is 0 Å². The van der Waals surface area contributed by atoms with Gasteiger partial charge in [-0.25, -0.2) is 0 Å². The summed E-state index contributed by atoms with van der Waals surface area (Å²) in [5.74, 6) is 2.59. The van der Waals surface area contributed by atoms with Gasteiger partial charge in [-0.3, -0.25) is 4.68 Å². The Morgan fingerprint density at radius 2 is 2.05 bits per heavy atom. The molecule has 1 heterocycles. The third-order valence-electron chi connectivity index (χ3n) is 5.51. The highest BCUT2D eigenvalue weighted by atomic mass is 15.3. The van der Waals surface area contributed by atoms with Crippen molar-refractivity contribution in [3.63, 3.8) is 0 Å². The summed E-state index contributed by atoms with van der Waals surface area (Å²) in [7, 11) is 2.11. The first-order chi connectivity index (χ1) is 10.2. The molecule has 2 saturated carbocycles. The van der Waals surface area contributed by atoms with E-state index >= 15 is 0 Å². The molecule has 0 aromatic carbocycles. The SMILES string of the molecule is CCc1cc(CC2CC(C)CCC2CNC2CC2)n(C)n1. The molecule has 0 bridgehead atoms. The number of nitrogens with one attached hydrogen (secondary N) is 1. The lowest BCUT2D eigenvalue weighted by molar-refractivity contribution is 0.181. The fraction of sp³-hybridized carbons (Fsp3) is 0.833. The molecule has 3 unspecified atom stereocenters. The molecule has 1 N–H and O–H groups in total. The van der Waals surface area contributed by atoms with Crippen LogP contribution in [0.4, 0.5) is 0 Å². The van der Waals surface area contributed by atoms with E-state index in [1.807, 2.05) is 0 Å². The van der Waals surface area contributed by atoms with Crippen molar-refractivity contribution in [2.75, 3.05) is 6.54 Å². The lowest BCUT2D eigenvalue weighted by atomic mass is 9.72. The van der Waals surface area contributed by atoms with Crippen LogP contribution in [0.3, 0.4) is 0 Å². The van der Waals surface area contributed by atoms with E-state index in [-0.39, 0.29) is 0 Å². The van der Waals surface area contributed by atoms with Crippen molar-refractivity contribution >= 4 is 0 Å². The first-order valence-corrected chi connectivity index (χ1v) is 8.90. The normalized spacial score (nSPS) is 29.8. The molecule has 2 fully saturated rings. The van der Waals surface area contributed by atoms with Gasteiger partial charge in [-0.1, -0.05) is 20.3 Å². The van der Waals surface area contributed by atoms with Crippen molar-refractivity contribution in [3.05, 3.63) is 17.5 Å². The molecule has 0 saturated heterocycles. The van der Waals surface area contributed by atoms with Gasteiger partial charge in [-0.2, -0.15) is 5.10 Å². The van der Waals surface area contributed by atoms with Crippen molar-refractivity contribution < 1.29 is 0 Å². The maximum atomic E-state index is 4.62. The number of hydrogen-bond donors (Lipinski definition) is 1. The van der Waals surface area contributed by atoms with E-state index in [1.165, 1.54) is 56.5 Å². The molecular formula is C18H31N3. The largest absolute Gasteiger partial charge is 0.314 e. The summed E-state index contributed by atoms with van der Waals surface area (Å²) >= 11 is 0. The van der Waals surface area contributed by atoms with E-state index in [2.05, 4.69) is 42.1 Å². The monoisotopic (exact) mass is 289 g/mol. The smallest absolute Gasteiger partial charge is 0.0624 e. The van der Waals surface area contributed by atoms with Crippen molar-refractivity contribution in [2.45, 2.75) is 64.8 Å². The van der Waals surface area contributed by atoms with Crippen LogP contribution >= 0.6 is 0 Å². The number of hydrogen-bond acceptors (Lipinski definition) is 2. The Morgan fingerprint density at radius 1 is 1.24 bits per heavy atom. The minimum atomic E-state index is 0.833. The highest BCUT2D eigenvalue weighted by molar-refractivity contribution is 5.11. The Labute approximate surface area is 129 Å². The fourth-order valence-corrected chi connectivity index (χ4v) is 3.89. The van der Waals surface area contributed by atoms with Gasteiger partial charge in [-0.15, -0.1) is 0 Å². The van der Waals surface area contributed by atoms with Crippen LogP contribution in [-0.4, -0.2) is 22.4 Å². The van der Waals surface area contributed by atoms with Gasteiger partial charge in [0.15, 0.2) is 0 Å². The summed E-state index contributed by atoms with van der Waals surface area (Å²) in [6.07, 6.45) is 9.27. The topological polar surface area (TPSA) is 29.9 Å². The van der Waals surface area contributed by atoms with Crippen LogP contribution in [0.1, 0.15) is 57.3 Å². The molecule has 0 radical (unpaired) electrons. The van der Waals surface area contributed by atoms with Crippen LogP contribution in [0.25, 0.3) is 0 Å². The number of aryl methyl sites for hydroxylation is 2. The zero-order valence-corrected chi connectivity index (χ0v) is 13.9. The molecule has 1 aromatic rings. The molecule has 21 heavy (non-hydrogen) atoms. The van der Waals surface area contributed by atoms with Crippen molar-refractivity contribution in [3.8, 4) is 0 Å². The zero-order chi connectivity index (χ0) is 14.8. The lowest BCUT2D eigenvalue weighted by Crippen LogP contribution is -2.34. The van der Waals surface area contributed by atoms with Gasteiger partial charge in [0, 0.05) is 18.8 Å². The summed E-state index contributed by atoms with van der Waals surface area (Å²) < 4.78 is 2.11. The Balaban J connectivity index is 1.64. The Hall–Kier alpha value is -0.830. The first-order valence-electron chi connectivity index (χ1n) is 8.90. The summed E-state index contributed by atoms with van der Waals surface area (Å²) in [5.41, 5.74) is 2.67. The third-order valence-corrected chi connectivity index (χ3v) is 5.51. The molecule has 3 atom stereocenters. The summed E-state index contributed by atoms with van der Waals surface area (Å²) in [6.45, 7) is 5.86. The maximum absolute atomic E-state index is 4.62. The van der Waals surface area contributed by atoms with Gasteiger partial charge in [0.25, 0.3) is 0 Å². The third kappa shape index (κ3) is 3.88. The highest BCUT2D eigenvalue weighted by Gasteiger charge is 2.31. The average Bonchev–Trinajstić information content (AvgIpc) is 3.22. The second-order valence-electron chi connectivity index (χ2n) is 7.43. The molecule has 0 aliphatic heterocycles. The molecule has 2 aliphatic carbocycles. The van der Waals surface area contributed by atoms with Gasteiger partial charge in [0.05, 0.1) is 5.69 Å². The van der Waals surface area contributed by atoms with Gasteiger partial charge in [0.2, 0.25) is 0 Å². The summed E-state index contributed by atoms with van der Waals surface area (Å²) in [4.78, 5) is 0. The van der Waals surface area contributed by atoms with Gasteiger partial charge in [0.1, 0.15) is 0 Å². The van der Waals surface area contributed by atoms with Crippen LogP contribution in [-0.2, 0) is 19.9 Å². The molecule has 0 amide bonds. The van der Waals surface area contributed by atoms with Crippen molar-refractivity contribution in [1.29, 1.82) is 0 Å². The molecule has 3 heteroatoms. The Kier molecular flexibility index (Phi) is 4.68. The number of rotatable bonds is 6. The molecule has 0 spiro atoms. The van der Waals surface area contributed by atoms with Crippen molar-refractivity contribution in [2.24, 2.45) is 24.8 Å². The van der Waals surface area contributed by atoms with Crippen LogP contribution in [0.15, 0.2) is 6.07 Å². The first kappa shape index (κ1) is 15.1. The second-order valence-corrected chi connectivity index (χ2v) is 7.43. The fourth-order valence-electron chi connectivity index (χ4n) is 3.89. The van der Waals surface area contributed by atoms with E-state index in [0.717, 1.165) is 30.2 Å². The van der Waals surface area contributed by atoms with E-state index in [0.29, 0.717) is 0 Å². The average molecular weight is 289 g/mol. The van der Waals surface area contributed by atoms with E-state index < -0.39 is 0 Å². The van der Waals surface area contributed by atoms with Crippen LogP contribution in [0, 0.1) is 17.8 Å². The Morgan fingerprint density at radius 3 is 2.71 bits per heavy atom. The van der Waals surface area contributed by atoms with Crippen LogP contribution < -0.4 is 5.32 Å². The standard InChI is InChI=1S/C18H31N3/c1-4-16-11-18(21(3)20-16)10-15-9-13(2)5-6-14(15)12-19-17-7-8-17/h11,13-15,17,19H,4-10,12H2,1-3H3. The minimum Gasteiger partial charge on any atom is -0.314 e. The van der Waals surface area contributed by atoms with Gasteiger partial charge < -0.3 is 5.32 Å². The molecule has 1 aromatic heterocycles. The summed E-state index contributed by atoms with van der Waals surface area (Å²) in [6, 6.07) is 3.17. The summed E-state index contributed by atoms with van der Waals surface area (Å²) in [5, 5.41) is 8.39. The quantitative estimate of drug-likeness (QED) is 0.870. The molecule has 3 rings (SSSR count). The minimum absolute atomic E-state index is 0.833. The maximum Gasteiger partial charge on any atom is 0.0624 e. The van der Waals surface area contributed by atoms with Crippen LogP contribution in [0.2, 0.25) is 0 Å². The lowest BCUT2D eigenvalue weighted by Gasteiger charge is -2.35. The van der Waals surface area contributed by atoms with Gasteiger partial charge in [-0.05, 0) is 68.9 Å². The molecule has 2 aliphatic rings. The zero-order valence-electron chi connectivity index (χ0n) is 13.9. The number of nitrogens with zero attached hydrogens (tertiary/aromatic N) is 2. The van der Waals surface area contributed by atoms with Crippen LogP contribution in [0.5, 0.6) is 0 Å². The predicted octanol–water partition coefficient (Wildman–Crippen LogP) is 3.33. The second kappa shape index (κ2) is 6.51. The van der Waals surface area contributed by atoms with E-state index in [4.69, 9.17) is 0 Å². The van der Waals surface area contributed by atoms with Crippen molar-refractivity contribution in [1.82, 2.24) is 15.1 Å². The van der Waals surface area contributed by atoms with E-state index in [1.54, 1.807) is 0 Å². The van der Waals surface area contributed by atoms with Gasteiger partial charge >= 0.3 is 0 Å².